The molecule has 0 fully saturated rings. The first-order valence-electron chi connectivity index (χ1n) is 4.27. The number of aromatic nitrogens is 1. The van der Waals surface area contributed by atoms with Crippen molar-refractivity contribution in [3.8, 4) is 0 Å². The lowest BCUT2D eigenvalue weighted by molar-refractivity contribution is -0.133. The van der Waals surface area contributed by atoms with E-state index in [0.717, 1.165) is 5.01 Å². The van der Waals surface area contributed by atoms with Gasteiger partial charge in [0.1, 0.15) is 0 Å². The van der Waals surface area contributed by atoms with Gasteiger partial charge in [-0.2, -0.15) is 0 Å². The molecule has 0 saturated carbocycles. The molecule has 1 aliphatic rings. The highest BCUT2D eigenvalue weighted by Crippen LogP contribution is 2.27. The Hall–Kier alpha value is -1.69. The van der Waals surface area contributed by atoms with Crippen LogP contribution in [0.25, 0.3) is 5.70 Å². The van der Waals surface area contributed by atoms with Crippen LogP contribution in [0.2, 0.25) is 0 Å². The molecule has 1 aromatic rings. The van der Waals surface area contributed by atoms with Gasteiger partial charge < -0.3 is 10.4 Å². The van der Waals surface area contributed by atoms with Gasteiger partial charge >= 0.3 is 5.97 Å². The largest absolute Gasteiger partial charge is 0.478 e. The van der Waals surface area contributed by atoms with Crippen LogP contribution in [0.1, 0.15) is 16.3 Å². The summed E-state index contributed by atoms with van der Waals surface area (Å²) in [5, 5.41) is 12.3. The number of amides is 1. The molecule has 0 radical (unpaired) electrons. The summed E-state index contributed by atoms with van der Waals surface area (Å²) >= 11 is 1.36. The molecule has 0 saturated heterocycles. The number of thiazole rings is 1. The lowest BCUT2D eigenvalue weighted by Crippen LogP contribution is -2.13. The average Bonchev–Trinajstić information content (AvgIpc) is 2.71. The van der Waals surface area contributed by atoms with Crippen molar-refractivity contribution in [2.24, 2.45) is 0 Å². The summed E-state index contributed by atoms with van der Waals surface area (Å²) in [6.07, 6.45) is 1.51. The predicted molar refractivity (Wildman–Crippen MR) is 54.2 cm³/mol. The molecule has 0 aromatic carbocycles. The highest BCUT2D eigenvalue weighted by molar-refractivity contribution is 7.12. The molecule has 0 bridgehead atoms. The zero-order chi connectivity index (χ0) is 11.0. The van der Waals surface area contributed by atoms with Gasteiger partial charge in [0, 0.05) is 6.20 Å². The number of carbonyl (C=O) groups is 2. The van der Waals surface area contributed by atoms with Gasteiger partial charge in [0.2, 0.25) is 5.91 Å². The molecule has 0 atom stereocenters. The topological polar surface area (TPSA) is 79.3 Å². The molecule has 0 spiro atoms. The Kier molecular flexibility index (Phi) is 2.28. The maximum Gasteiger partial charge on any atom is 0.334 e. The molecule has 2 heterocycles. The van der Waals surface area contributed by atoms with E-state index in [1.807, 2.05) is 6.92 Å². The third kappa shape index (κ3) is 1.75. The van der Waals surface area contributed by atoms with E-state index in [4.69, 9.17) is 5.11 Å². The van der Waals surface area contributed by atoms with Crippen LogP contribution in [0.5, 0.6) is 0 Å². The number of carboxylic acids is 1. The van der Waals surface area contributed by atoms with E-state index in [2.05, 4.69) is 10.3 Å². The van der Waals surface area contributed by atoms with Gasteiger partial charge in [-0.3, -0.25) is 4.79 Å². The van der Waals surface area contributed by atoms with Crippen LogP contribution in [-0.2, 0) is 9.59 Å². The maximum absolute atomic E-state index is 11.1. The van der Waals surface area contributed by atoms with Crippen molar-refractivity contribution >= 4 is 28.9 Å². The van der Waals surface area contributed by atoms with E-state index >= 15 is 0 Å². The molecule has 78 valence electrons. The Balaban J connectivity index is 2.45. The van der Waals surface area contributed by atoms with Gasteiger partial charge in [-0.25, -0.2) is 9.78 Å². The van der Waals surface area contributed by atoms with E-state index in [9.17, 15) is 9.59 Å². The number of hydrogen-bond acceptors (Lipinski definition) is 4. The second kappa shape index (κ2) is 3.47. The fourth-order valence-electron chi connectivity index (χ4n) is 1.38. The standard InChI is InChI=1S/C9H8N2O3S/c1-4-10-3-6(15-4)8-5(9(13)14)2-7(12)11-8/h3H,2H2,1H3,(H,11,12)(H,13,14). The minimum Gasteiger partial charge on any atom is -0.478 e. The smallest absolute Gasteiger partial charge is 0.334 e. The minimum absolute atomic E-state index is 0.0678. The number of carbonyl (C=O) groups excluding carboxylic acids is 1. The third-order valence-electron chi connectivity index (χ3n) is 2.03. The summed E-state index contributed by atoms with van der Waals surface area (Å²) < 4.78 is 0. The van der Waals surface area contributed by atoms with Crippen molar-refractivity contribution in [2.45, 2.75) is 13.3 Å². The first-order valence-corrected chi connectivity index (χ1v) is 5.08. The predicted octanol–water partition coefficient (Wildman–Crippen LogP) is 0.767. The monoisotopic (exact) mass is 224 g/mol. The van der Waals surface area contributed by atoms with Gasteiger partial charge in [0.25, 0.3) is 0 Å². The molecule has 15 heavy (non-hydrogen) atoms. The highest BCUT2D eigenvalue weighted by atomic mass is 32.1. The van der Waals surface area contributed by atoms with E-state index in [1.165, 1.54) is 11.3 Å². The first kappa shape index (κ1) is 9.85. The summed E-state index contributed by atoms with van der Waals surface area (Å²) in [6.45, 7) is 1.83. The van der Waals surface area contributed by atoms with E-state index in [1.54, 1.807) is 6.20 Å². The zero-order valence-corrected chi connectivity index (χ0v) is 8.72. The highest BCUT2D eigenvalue weighted by Gasteiger charge is 2.27. The Morgan fingerprint density at radius 1 is 1.67 bits per heavy atom. The van der Waals surface area contributed by atoms with Crippen molar-refractivity contribution in [1.82, 2.24) is 10.3 Å². The third-order valence-corrected chi connectivity index (χ3v) is 2.96. The Morgan fingerprint density at radius 3 is 2.93 bits per heavy atom. The molecule has 1 amide bonds. The summed E-state index contributed by atoms with van der Waals surface area (Å²) in [5.74, 6) is -1.34. The molecule has 1 aliphatic heterocycles. The van der Waals surface area contributed by atoms with E-state index in [-0.39, 0.29) is 17.9 Å². The molecule has 1 aromatic heterocycles. The lowest BCUT2D eigenvalue weighted by atomic mass is 10.2. The van der Waals surface area contributed by atoms with Crippen molar-refractivity contribution in [3.05, 3.63) is 21.7 Å². The van der Waals surface area contributed by atoms with E-state index in [0.29, 0.717) is 10.6 Å². The number of nitrogens with zero attached hydrogens (tertiary/aromatic N) is 1. The van der Waals surface area contributed by atoms with Crippen LogP contribution < -0.4 is 5.32 Å². The summed E-state index contributed by atoms with van der Waals surface area (Å²) in [7, 11) is 0. The van der Waals surface area contributed by atoms with Crippen LogP contribution in [0.4, 0.5) is 0 Å². The number of aliphatic carboxylic acids is 1. The number of rotatable bonds is 2. The van der Waals surface area contributed by atoms with Crippen LogP contribution >= 0.6 is 11.3 Å². The van der Waals surface area contributed by atoms with Crippen LogP contribution in [-0.4, -0.2) is 22.0 Å². The van der Waals surface area contributed by atoms with Crippen LogP contribution in [0.3, 0.4) is 0 Å². The number of nitrogens with one attached hydrogen (secondary N) is 1. The molecule has 0 unspecified atom stereocenters. The Morgan fingerprint density at radius 2 is 2.40 bits per heavy atom. The second-order valence-electron chi connectivity index (χ2n) is 3.13. The SMILES string of the molecule is Cc1ncc(C2=C(C(=O)O)CC(=O)N2)s1. The number of hydrogen-bond donors (Lipinski definition) is 2. The summed E-state index contributed by atoms with van der Waals surface area (Å²) in [4.78, 5) is 26.7. The Labute approximate surface area is 89.5 Å². The van der Waals surface area contributed by atoms with Crippen LogP contribution in [0.15, 0.2) is 11.8 Å². The number of carboxylic acid groups (broad SMARTS) is 1. The minimum atomic E-state index is -1.06. The van der Waals surface area contributed by atoms with Gasteiger partial charge in [0.05, 0.1) is 27.6 Å². The zero-order valence-electron chi connectivity index (χ0n) is 7.90. The lowest BCUT2D eigenvalue weighted by Gasteiger charge is -1.99. The molecule has 2 rings (SSSR count). The number of aryl methyl sites for hydroxylation is 1. The van der Waals surface area contributed by atoms with E-state index < -0.39 is 5.97 Å². The van der Waals surface area contributed by atoms with Crippen molar-refractivity contribution in [1.29, 1.82) is 0 Å². The summed E-state index contributed by atoms with van der Waals surface area (Å²) in [6, 6.07) is 0. The molecule has 6 heteroatoms. The average molecular weight is 224 g/mol. The van der Waals surface area contributed by atoms with Crippen LogP contribution in [0, 0.1) is 6.92 Å². The molecule has 2 N–H and O–H groups in total. The molecule has 0 aliphatic carbocycles. The summed E-state index contributed by atoms with van der Waals surface area (Å²) in [5.41, 5.74) is 0.502. The van der Waals surface area contributed by atoms with Gasteiger partial charge in [0.15, 0.2) is 0 Å². The maximum atomic E-state index is 11.1. The van der Waals surface area contributed by atoms with Crippen molar-refractivity contribution in [3.63, 3.8) is 0 Å². The quantitative estimate of drug-likeness (QED) is 0.777. The fraction of sp³-hybridized carbons (Fsp3) is 0.222. The van der Waals surface area contributed by atoms with Gasteiger partial charge in [-0.05, 0) is 6.92 Å². The van der Waals surface area contributed by atoms with Crippen molar-refractivity contribution < 1.29 is 14.7 Å². The van der Waals surface area contributed by atoms with Crippen molar-refractivity contribution in [2.75, 3.05) is 0 Å². The first-order chi connectivity index (χ1) is 7.08. The van der Waals surface area contributed by atoms with Gasteiger partial charge in [-0.1, -0.05) is 0 Å². The van der Waals surface area contributed by atoms with Gasteiger partial charge in [-0.15, -0.1) is 11.3 Å². The molecule has 5 nitrogen and oxygen atoms in total. The molecular formula is C9H8N2O3S. The second-order valence-corrected chi connectivity index (χ2v) is 4.36. The Bertz CT molecular complexity index is 475. The fourth-order valence-corrected chi connectivity index (χ4v) is 2.18. The molecular weight excluding hydrogens is 216 g/mol. The normalized spacial score (nSPS) is 15.7.